The number of alkyl halides is 3. The fourth-order valence-corrected chi connectivity index (χ4v) is 3.52. The molecule has 1 aliphatic heterocycles. The van der Waals surface area contributed by atoms with Crippen molar-refractivity contribution in [1.29, 1.82) is 0 Å². The average Bonchev–Trinajstić information content (AvgIpc) is 3.18. The second-order valence-electron chi connectivity index (χ2n) is 7.43. The minimum atomic E-state index is -4.41. The highest BCUT2D eigenvalue weighted by molar-refractivity contribution is 14.0. The maximum Gasteiger partial charge on any atom is 0.434 e. The number of nitrogens with zero attached hydrogens (tertiary/aromatic N) is 3. The number of aliphatic imine (C=N–C) groups is 1. The first-order chi connectivity index (χ1) is 13.0. The summed E-state index contributed by atoms with van der Waals surface area (Å²) >= 11 is 0.994. The molecule has 1 atom stereocenters. The van der Waals surface area contributed by atoms with Gasteiger partial charge in [-0.1, -0.05) is 0 Å². The monoisotopic (exact) mass is 549 g/mol. The van der Waals surface area contributed by atoms with Crippen molar-refractivity contribution >= 4 is 47.4 Å². The molecule has 0 bridgehead atoms. The lowest BCUT2D eigenvalue weighted by molar-refractivity contribution is -0.140. The smallest absolute Gasteiger partial charge is 0.434 e. The van der Waals surface area contributed by atoms with Crippen molar-refractivity contribution in [1.82, 2.24) is 20.5 Å². The van der Waals surface area contributed by atoms with E-state index in [0.29, 0.717) is 37.0 Å². The molecule has 2 N–H and O–H groups in total. The number of amides is 1. The Labute approximate surface area is 189 Å². The van der Waals surface area contributed by atoms with Gasteiger partial charge in [-0.25, -0.2) is 9.78 Å². The van der Waals surface area contributed by atoms with Crippen LogP contribution in [0.1, 0.15) is 37.9 Å². The molecule has 29 heavy (non-hydrogen) atoms. The van der Waals surface area contributed by atoms with Gasteiger partial charge in [-0.3, -0.25) is 4.99 Å². The molecule has 0 aromatic carbocycles. The highest BCUT2D eigenvalue weighted by atomic mass is 127. The molecule has 1 aromatic heterocycles. The molecule has 7 nitrogen and oxygen atoms in total. The quantitative estimate of drug-likeness (QED) is 0.342. The molecular weight excluding hydrogens is 522 g/mol. The Kier molecular flexibility index (Phi) is 9.44. The molecule has 0 radical (unpaired) electrons. The summed E-state index contributed by atoms with van der Waals surface area (Å²) in [7, 11) is 1.64. The zero-order valence-electron chi connectivity index (χ0n) is 16.8. The Morgan fingerprint density at radius 1 is 1.41 bits per heavy atom. The SMILES string of the molecule is CN=C(NCCc1nc(C(F)(F)F)cs1)N1CCC(NC(=O)OC(C)(C)C)C1.I. The van der Waals surface area contributed by atoms with Crippen molar-refractivity contribution in [3.63, 3.8) is 0 Å². The summed E-state index contributed by atoms with van der Waals surface area (Å²) in [5.74, 6) is 0.640. The Hall–Kier alpha value is -1.31. The third kappa shape index (κ3) is 8.52. The summed E-state index contributed by atoms with van der Waals surface area (Å²) < 4.78 is 43.0. The van der Waals surface area contributed by atoms with E-state index in [1.54, 1.807) is 27.8 Å². The van der Waals surface area contributed by atoms with E-state index < -0.39 is 23.6 Å². The number of nitrogens with one attached hydrogen (secondary N) is 2. The number of hydrogen-bond donors (Lipinski definition) is 2. The molecule has 0 spiro atoms. The van der Waals surface area contributed by atoms with Gasteiger partial charge in [0.15, 0.2) is 11.7 Å². The number of carbonyl (C=O) groups excluding carboxylic acids is 1. The summed E-state index contributed by atoms with van der Waals surface area (Å²) in [4.78, 5) is 21.7. The summed E-state index contributed by atoms with van der Waals surface area (Å²) in [5, 5.41) is 7.42. The molecule has 1 saturated heterocycles. The number of hydrogen-bond acceptors (Lipinski definition) is 5. The van der Waals surface area contributed by atoms with Crippen LogP contribution in [0.2, 0.25) is 0 Å². The van der Waals surface area contributed by atoms with Crippen molar-refractivity contribution in [3.05, 3.63) is 16.1 Å². The molecule has 1 aliphatic rings. The summed E-state index contributed by atoms with van der Waals surface area (Å²) in [6.45, 7) is 7.11. The number of guanidine groups is 1. The fraction of sp³-hybridized carbons (Fsp3) is 0.706. The van der Waals surface area contributed by atoms with Gasteiger partial charge in [0.1, 0.15) is 5.60 Å². The van der Waals surface area contributed by atoms with Gasteiger partial charge >= 0.3 is 12.3 Å². The van der Waals surface area contributed by atoms with Crippen LogP contribution in [0, 0.1) is 0 Å². The first kappa shape index (κ1) is 25.7. The molecule has 166 valence electrons. The van der Waals surface area contributed by atoms with Gasteiger partial charge in [-0.05, 0) is 27.2 Å². The number of carbonyl (C=O) groups is 1. The van der Waals surface area contributed by atoms with Crippen LogP contribution < -0.4 is 10.6 Å². The minimum Gasteiger partial charge on any atom is -0.444 e. The minimum absolute atomic E-state index is 0. The van der Waals surface area contributed by atoms with Crippen LogP contribution in [0.3, 0.4) is 0 Å². The number of likely N-dealkylation sites (tertiary alicyclic amines) is 1. The lowest BCUT2D eigenvalue weighted by Gasteiger charge is -2.23. The molecular formula is C17H27F3IN5O2S. The summed E-state index contributed by atoms with van der Waals surface area (Å²) in [6, 6.07) is -0.0540. The van der Waals surface area contributed by atoms with Crippen molar-refractivity contribution < 1.29 is 22.7 Å². The molecule has 1 amide bonds. The number of ether oxygens (including phenoxy) is 1. The van der Waals surface area contributed by atoms with E-state index in [4.69, 9.17) is 4.74 Å². The van der Waals surface area contributed by atoms with Gasteiger partial charge in [0.05, 0.1) is 11.0 Å². The number of alkyl carbamates (subject to hydrolysis) is 1. The predicted octanol–water partition coefficient (Wildman–Crippen LogP) is 3.50. The second kappa shape index (κ2) is 10.6. The Morgan fingerprint density at radius 3 is 2.66 bits per heavy atom. The van der Waals surface area contributed by atoms with Crippen molar-refractivity contribution in [2.45, 2.75) is 51.4 Å². The van der Waals surface area contributed by atoms with Crippen LogP contribution in [-0.4, -0.2) is 60.3 Å². The fourth-order valence-electron chi connectivity index (χ4n) is 2.71. The van der Waals surface area contributed by atoms with Crippen molar-refractivity contribution in [3.8, 4) is 0 Å². The molecule has 1 fully saturated rings. The highest BCUT2D eigenvalue weighted by Gasteiger charge is 2.33. The van der Waals surface area contributed by atoms with E-state index in [1.165, 1.54) is 0 Å². The first-order valence-corrected chi connectivity index (χ1v) is 9.82. The molecule has 2 rings (SSSR count). The molecule has 12 heteroatoms. The van der Waals surface area contributed by atoms with E-state index in [0.717, 1.165) is 23.1 Å². The highest BCUT2D eigenvalue weighted by Crippen LogP contribution is 2.30. The number of rotatable bonds is 4. The van der Waals surface area contributed by atoms with E-state index >= 15 is 0 Å². The maximum atomic E-state index is 12.6. The third-order valence-electron chi connectivity index (χ3n) is 3.88. The number of aromatic nitrogens is 1. The van der Waals surface area contributed by atoms with Crippen molar-refractivity contribution in [2.75, 3.05) is 26.7 Å². The molecule has 1 aromatic rings. The van der Waals surface area contributed by atoms with Gasteiger partial charge in [0.25, 0.3) is 0 Å². The van der Waals surface area contributed by atoms with Gasteiger partial charge in [-0.15, -0.1) is 35.3 Å². The third-order valence-corrected chi connectivity index (χ3v) is 4.79. The summed E-state index contributed by atoms with van der Waals surface area (Å²) in [6.07, 6.45) is -3.75. The standard InChI is InChI=1S/C17H26F3N5O2S.HI/c1-16(2,3)27-15(26)23-11-6-8-25(9-11)14(21-4)22-7-5-13-24-12(10-28-13)17(18,19)20;/h10-11H,5-9H2,1-4H3,(H,21,22)(H,23,26);1H. The number of thiazole rings is 1. The van der Waals surface area contributed by atoms with E-state index in [-0.39, 0.29) is 30.0 Å². The molecule has 2 heterocycles. The van der Waals surface area contributed by atoms with Crippen molar-refractivity contribution in [2.24, 2.45) is 4.99 Å². The number of halogens is 4. The van der Waals surface area contributed by atoms with Gasteiger partial charge in [-0.2, -0.15) is 13.2 Å². The Balaban J connectivity index is 0.00000420. The molecule has 0 aliphatic carbocycles. The van der Waals surface area contributed by atoms with Gasteiger partial charge in [0.2, 0.25) is 0 Å². The lowest BCUT2D eigenvalue weighted by atomic mass is 10.2. The maximum absolute atomic E-state index is 12.6. The predicted molar refractivity (Wildman–Crippen MR) is 117 cm³/mol. The normalized spacial score (nSPS) is 17.7. The summed E-state index contributed by atoms with van der Waals surface area (Å²) in [5.41, 5.74) is -1.41. The zero-order valence-corrected chi connectivity index (χ0v) is 19.9. The lowest BCUT2D eigenvalue weighted by Crippen LogP contribution is -2.44. The van der Waals surface area contributed by atoms with E-state index in [1.807, 2.05) is 4.90 Å². The van der Waals surface area contributed by atoms with Crippen LogP contribution in [0.15, 0.2) is 10.4 Å². The topological polar surface area (TPSA) is 78.9 Å². The molecule has 1 unspecified atom stereocenters. The van der Waals surface area contributed by atoms with Crippen LogP contribution in [0.5, 0.6) is 0 Å². The van der Waals surface area contributed by atoms with E-state index in [9.17, 15) is 18.0 Å². The Bertz CT molecular complexity index is 706. The van der Waals surface area contributed by atoms with Gasteiger partial charge in [0, 0.05) is 38.5 Å². The zero-order chi connectivity index (χ0) is 20.9. The van der Waals surface area contributed by atoms with Crippen LogP contribution >= 0.6 is 35.3 Å². The van der Waals surface area contributed by atoms with E-state index in [2.05, 4.69) is 20.6 Å². The van der Waals surface area contributed by atoms with Crippen LogP contribution in [-0.2, 0) is 17.3 Å². The largest absolute Gasteiger partial charge is 0.444 e. The first-order valence-electron chi connectivity index (χ1n) is 8.94. The Morgan fingerprint density at radius 2 is 2.10 bits per heavy atom. The molecule has 0 saturated carbocycles. The van der Waals surface area contributed by atoms with Crippen LogP contribution in [0.4, 0.5) is 18.0 Å². The second-order valence-corrected chi connectivity index (χ2v) is 8.37. The average molecular weight is 549 g/mol. The van der Waals surface area contributed by atoms with Crippen LogP contribution in [0.25, 0.3) is 0 Å². The van der Waals surface area contributed by atoms with Gasteiger partial charge < -0.3 is 20.3 Å².